The molecule has 4 nitrogen and oxygen atoms in total. The van der Waals surface area contributed by atoms with Crippen molar-refractivity contribution >= 4 is 5.97 Å². The third-order valence-electron chi connectivity index (χ3n) is 2.22. The molecule has 0 saturated carbocycles. The zero-order valence-corrected chi connectivity index (χ0v) is 7.98. The van der Waals surface area contributed by atoms with Crippen LogP contribution in [0.2, 0.25) is 0 Å². The molecule has 0 aliphatic rings. The number of carboxylic acids is 1. The van der Waals surface area contributed by atoms with Gasteiger partial charge in [-0.3, -0.25) is 4.79 Å². The molecule has 1 aromatic rings. The molecular weight excluding hydrogens is 184 g/mol. The predicted octanol–water partition coefficient (Wildman–Crippen LogP) is 1.46. The molecule has 0 saturated heterocycles. The Bertz CT molecular complexity index is 368. The van der Waals surface area contributed by atoms with Crippen molar-refractivity contribution < 1.29 is 20.1 Å². The van der Waals surface area contributed by atoms with E-state index in [4.69, 9.17) is 5.11 Å². The summed E-state index contributed by atoms with van der Waals surface area (Å²) in [6.07, 6.45) is 0. The van der Waals surface area contributed by atoms with Gasteiger partial charge in [0.2, 0.25) is 0 Å². The highest BCUT2D eigenvalue weighted by molar-refractivity contribution is 5.81. The lowest BCUT2D eigenvalue weighted by atomic mass is 9.84. The number of rotatable bonds is 2. The van der Waals surface area contributed by atoms with E-state index in [9.17, 15) is 15.0 Å². The van der Waals surface area contributed by atoms with Gasteiger partial charge in [-0.1, -0.05) is 12.1 Å². The number of phenols is 2. The van der Waals surface area contributed by atoms with Gasteiger partial charge in [0.15, 0.2) is 11.5 Å². The average molecular weight is 196 g/mol. The molecule has 0 radical (unpaired) electrons. The molecule has 0 atom stereocenters. The second kappa shape index (κ2) is 3.21. The molecule has 0 amide bonds. The first kappa shape index (κ1) is 10.4. The van der Waals surface area contributed by atoms with Gasteiger partial charge in [0, 0.05) is 5.56 Å². The van der Waals surface area contributed by atoms with Gasteiger partial charge in [-0.25, -0.2) is 0 Å². The molecule has 0 spiro atoms. The summed E-state index contributed by atoms with van der Waals surface area (Å²) in [4.78, 5) is 10.9. The second-order valence-electron chi connectivity index (χ2n) is 3.60. The average Bonchev–Trinajstić information content (AvgIpc) is 2.09. The molecule has 0 aliphatic heterocycles. The molecule has 4 heteroatoms. The van der Waals surface area contributed by atoms with E-state index < -0.39 is 11.4 Å². The maximum absolute atomic E-state index is 10.9. The fraction of sp³-hybridized carbons (Fsp3) is 0.300. The molecule has 1 rings (SSSR count). The minimum atomic E-state index is -1.22. The highest BCUT2D eigenvalue weighted by Crippen LogP contribution is 2.36. The summed E-state index contributed by atoms with van der Waals surface area (Å²) >= 11 is 0. The topological polar surface area (TPSA) is 77.8 Å². The summed E-state index contributed by atoms with van der Waals surface area (Å²) in [6, 6.07) is 4.27. The van der Waals surface area contributed by atoms with Gasteiger partial charge in [0.25, 0.3) is 0 Å². The molecule has 0 bridgehead atoms. The maximum Gasteiger partial charge on any atom is 0.313 e. The van der Waals surface area contributed by atoms with Gasteiger partial charge in [0.1, 0.15) is 0 Å². The number of aliphatic carboxylic acids is 1. The normalized spacial score (nSPS) is 11.3. The quantitative estimate of drug-likeness (QED) is 0.626. The summed E-state index contributed by atoms with van der Waals surface area (Å²) in [6.45, 7) is 2.92. The lowest BCUT2D eigenvalue weighted by molar-refractivity contribution is -0.142. The number of hydrogen-bond acceptors (Lipinski definition) is 3. The molecule has 0 aromatic heterocycles. The monoisotopic (exact) mass is 196 g/mol. The van der Waals surface area contributed by atoms with Crippen LogP contribution in [0.4, 0.5) is 0 Å². The van der Waals surface area contributed by atoms with Crippen molar-refractivity contribution in [3.63, 3.8) is 0 Å². The smallest absolute Gasteiger partial charge is 0.313 e. The van der Waals surface area contributed by atoms with Gasteiger partial charge in [0.05, 0.1) is 5.41 Å². The van der Waals surface area contributed by atoms with Crippen LogP contribution in [0.5, 0.6) is 11.5 Å². The molecule has 0 unspecified atom stereocenters. The van der Waals surface area contributed by atoms with Crippen LogP contribution in [-0.2, 0) is 10.2 Å². The molecule has 0 fully saturated rings. The number of benzene rings is 1. The molecule has 0 heterocycles. The van der Waals surface area contributed by atoms with Crippen LogP contribution < -0.4 is 0 Å². The van der Waals surface area contributed by atoms with Crippen LogP contribution in [0.3, 0.4) is 0 Å². The fourth-order valence-electron chi connectivity index (χ4n) is 1.15. The van der Waals surface area contributed by atoms with E-state index in [1.807, 2.05) is 0 Å². The summed E-state index contributed by atoms with van der Waals surface area (Å²) < 4.78 is 0. The third-order valence-corrected chi connectivity index (χ3v) is 2.22. The van der Waals surface area contributed by atoms with Crippen LogP contribution >= 0.6 is 0 Å². The lowest BCUT2D eigenvalue weighted by Gasteiger charge is -2.20. The van der Waals surface area contributed by atoms with E-state index in [1.54, 1.807) is 0 Å². The van der Waals surface area contributed by atoms with Gasteiger partial charge in [-0.2, -0.15) is 0 Å². The Morgan fingerprint density at radius 3 is 2.36 bits per heavy atom. The van der Waals surface area contributed by atoms with E-state index >= 15 is 0 Å². The Kier molecular flexibility index (Phi) is 2.38. The van der Waals surface area contributed by atoms with Crippen molar-refractivity contribution in [1.82, 2.24) is 0 Å². The minimum absolute atomic E-state index is 0.199. The summed E-state index contributed by atoms with van der Waals surface area (Å²) in [5.41, 5.74) is -1.02. The second-order valence-corrected chi connectivity index (χ2v) is 3.60. The van der Waals surface area contributed by atoms with Crippen molar-refractivity contribution in [3.8, 4) is 11.5 Å². The first-order valence-corrected chi connectivity index (χ1v) is 4.12. The molecule has 1 aromatic carbocycles. The highest BCUT2D eigenvalue weighted by atomic mass is 16.4. The van der Waals surface area contributed by atoms with Gasteiger partial charge < -0.3 is 15.3 Å². The molecule has 3 N–H and O–H groups in total. The van der Waals surface area contributed by atoms with Crippen LogP contribution in [0.15, 0.2) is 18.2 Å². The van der Waals surface area contributed by atoms with Crippen LogP contribution in [0, 0.1) is 0 Å². The zero-order chi connectivity index (χ0) is 10.9. The number of phenolic OH excluding ortho intramolecular Hbond substituents is 2. The van der Waals surface area contributed by atoms with Crippen LogP contribution in [0.1, 0.15) is 19.4 Å². The SMILES string of the molecule is CC(C)(C(=O)O)c1cccc(O)c1O. The van der Waals surface area contributed by atoms with Crippen LogP contribution in [0.25, 0.3) is 0 Å². The van der Waals surface area contributed by atoms with E-state index in [-0.39, 0.29) is 17.1 Å². The van der Waals surface area contributed by atoms with Crippen molar-refractivity contribution in [3.05, 3.63) is 23.8 Å². The largest absolute Gasteiger partial charge is 0.504 e. The van der Waals surface area contributed by atoms with Gasteiger partial charge in [-0.05, 0) is 19.9 Å². The highest BCUT2D eigenvalue weighted by Gasteiger charge is 2.32. The van der Waals surface area contributed by atoms with E-state index in [2.05, 4.69) is 0 Å². The Balaban J connectivity index is 3.33. The van der Waals surface area contributed by atoms with E-state index in [0.29, 0.717) is 0 Å². The number of carbonyl (C=O) groups is 1. The van der Waals surface area contributed by atoms with Crippen molar-refractivity contribution in [2.75, 3.05) is 0 Å². The van der Waals surface area contributed by atoms with Gasteiger partial charge >= 0.3 is 5.97 Å². The minimum Gasteiger partial charge on any atom is -0.504 e. The predicted molar refractivity (Wildman–Crippen MR) is 50.4 cm³/mol. The number of para-hydroxylation sites is 1. The molecular formula is C10H12O4. The fourth-order valence-corrected chi connectivity index (χ4v) is 1.15. The summed E-state index contributed by atoms with van der Waals surface area (Å²) in [5.74, 6) is -1.74. The van der Waals surface area contributed by atoms with E-state index in [0.717, 1.165) is 0 Å². The van der Waals surface area contributed by atoms with Gasteiger partial charge in [-0.15, -0.1) is 0 Å². The lowest BCUT2D eigenvalue weighted by Crippen LogP contribution is -2.28. The number of carboxylic acid groups (broad SMARTS) is 1. The molecule has 14 heavy (non-hydrogen) atoms. The third kappa shape index (κ3) is 1.51. The first-order valence-electron chi connectivity index (χ1n) is 4.12. The van der Waals surface area contributed by atoms with Crippen molar-refractivity contribution in [1.29, 1.82) is 0 Å². The Hall–Kier alpha value is -1.71. The Labute approximate surface area is 81.4 Å². The van der Waals surface area contributed by atoms with E-state index in [1.165, 1.54) is 32.0 Å². The zero-order valence-electron chi connectivity index (χ0n) is 7.98. The standard InChI is InChI=1S/C10H12O4/c1-10(2,9(13)14)6-4-3-5-7(11)8(6)12/h3-5,11-12H,1-2H3,(H,13,14). The summed E-state index contributed by atoms with van der Waals surface area (Å²) in [7, 11) is 0. The number of aromatic hydroxyl groups is 2. The first-order chi connectivity index (χ1) is 6.37. The summed E-state index contributed by atoms with van der Waals surface area (Å²) in [5, 5.41) is 27.6. The van der Waals surface area contributed by atoms with Crippen LogP contribution in [-0.4, -0.2) is 21.3 Å². The Morgan fingerprint density at radius 2 is 1.86 bits per heavy atom. The number of hydrogen-bond donors (Lipinski definition) is 3. The Morgan fingerprint density at radius 1 is 1.29 bits per heavy atom. The molecule has 76 valence electrons. The van der Waals surface area contributed by atoms with Crippen molar-refractivity contribution in [2.24, 2.45) is 0 Å². The molecule has 0 aliphatic carbocycles. The maximum atomic E-state index is 10.9. The van der Waals surface area contributed by atoms with Crippen molar-refractivity contribution in [2.45, 2.75) is 19.3 Å².